The van der Waals surface area contributed by atoms with Crippen molar-refractivity contribution >= 4 is 29.8 Å². The van der Waals surface area contributed by atoms with E-state index >= 15 is 0 Å². The van der Waals surface area contributed by atoms with Crippen molar-refractivity contribution < 1.29 is 74.7 Å². The minimum absolute atomic E-state index is 0.470. The zero-order valence-electron chi connectivity index (χ0n) is 18.1. The molecule has 1 fully saturated rings. The maximum Gasteiger partial charge on any atom is 0.300 e. The third-order valence-corrected chi connectivity index (χ3v) is 1.95. The van der Waals surface area contributed by atoms with Gasteiger partial charge >= 0.3 is 0 Å². The fraction of sp³-hybridized carbons (Fsp3) is 0.688. The molecule has 1 heterocycles. The van der Waals surface area contributed by atoms with Crippen LogP contribution in [0.2, 0.25) is 0 Å². The van der Waals surface area contributed by atoms with Gasteiger partial charge in [-0.3, -0.25) is 24.0 Å². The lowest BCUT2D eigenvalue weighted by molar-refractivity contribution is -0.248. The second kappa shape index (κ2) is 24.4. The molecule has 0 spiro atoms. The highest BCUT2D eigenvalue weighted by atomic mass is 16.6. The summed E-state index contributed by atoms with van der Waals surface area (Å²) in [6.07, 6.45) is -4.85. The number of aliphatic hydroxyl groups excluding tert-OH is 4. The summed E-state index contributed by atoms with van der Waals surface area (Å²) in [4.78, 5) is 45.0. The lowest BCUT2D eigenvalue weighted by atomic mass is 9.98. The fourth-order valence-electron chi connectivity index (χ4n) is 1.12. The molecule has 0 aromatic carbocycles. The molecule has 1 aliphatic rings. The van der Waals surface area contributed by atoms with E-state index in [1.807, 2.05) is 0 Å². The van der Waals surface area contributed by atoms with Crippen LogP contribution in [0, 0.1) is 0 Å². The topological polar surface area (TPSA) is 303 Å². The molecule has 0 unspecified atom stereocenters. The quantitative estimate of drug-likeness (QED) is 0.181. The van der Waals surface area contributed by atoms with Gasteiger partial charge in [-0.05, 0) is 0 Å². The maximum absolute atomic E-state index is 9.20. The summed E-state index contributed by atoms with van der Waals surface area (Å²) in [7, 11) is 0. The lowest BCUT2D eigenvalue weighted by Crippen LogP contribution is -2.61. The predicted octanol–water partition coefficient (Wildman–Crippen LogP) is -2.80. The summed E-state index contributed by atoms with van der Waals surface area (Å²) in [5.41, 5.74) is 5.26. The number of ether oxygens (including phenoxy) is 1. The number of hydrogen-bond donors (Lipinski definition) is 10. The van der Waals surface area contributed by atoms with Crippen LogP contribution in [0.3, 0.4) is 0 Å². The Balaban J connectivity index is -0.000000102. The molecule has 16 heteroatoms. The molecule has 32 heavy (non-hydrogen) atoms. The highest BCUT2D eigenvalue weighted by molar-refractivity contribution is 5.63. The van der Waals surface area contributed by atoms with Crippen molar-refractivity contribution in [3.05, 3.63) is 0 Å². The van der Waals surface area contributed by atoms with Crippen molar-refractivity contribution in [2.24, 2.45) is 5.73 Å². The highest BCUT2D eigenvalue weighted by Gasteiger charge is 2.41. The summed E-state index contributed by atoms with van der Waals surface area (Å²) in [5, 5.41) is 73.1. The summed E-state index contributed by atoms with van der Waals surface area (Å²) < 4.78 is 4.70. The number of aliphatic carboxylic acids is 5. The summed E-state index contributed by atoms with van der Waals surface area (Å²) in [6.45, 7) is 4.95. The minimum atomic E-state index is -1.35. The van der Waals surface area contributed by atoms with Crippen LogP contribution in [0.1, 0.15) is 34.6 Å². The second-order valence-electron chi connectivity index (χ2n) is 5.40. The third-order valence-electron chi connectivity index (χ3n) is 1.95. The van der Waals surface area contributed by atoms with Gasteiger partial charge in [0.05, 0.1) is 12.6 Å². The van der Waals surface area contributed by atoms with E-state index < -0.39 is 67.1 Å². The molecule has 1 aliphatic heterocycles. The Hall–Kier alpha value is -2.89. The van der Waals surface area contributed by atoms with E-state index in [4.69, 9.17) is 70.2 Å². The first-order valence-electron chi connectivity index (χ1n) is 8.28. The van der Waals surface area contributed by atoms with Crippen LogP contribution in [-0.2, 0) is 28.7 Å². The van der Waals surface area contributed by atoms with Crippen molar-refractivity contribution in [3.8, 4) is 0 Å². The van der Waals surface area contributed by atoms with E-state index in [0.29, 0.717) is 0 Å². The Labute approximate surface area is 183 Å². The molecule has 192 valence electrons. The van der Waals surface area contributed by atoms with E-state index in [1.54, 1.807) is 0 Å². The van der Waals surface area contributed by atoms with Gasteiger partial charge in [0.25, 0.3) is 29.8 Å². The van der Waals surface area contributed by atoms with Gasteiger partial charge in [-0.2, -0.15) is 0 Å². The van der Waals surface area contributed by atoms with Crippen molar-refractivity contribution in [2.45, 2.75) is 65.3 Å². The highest BCUT2D eigenvalue weighted by Crippen LogP contribution is 2.17. The second-order valence-corrected chi connectivity index (χ2v) is 5.40. The standard InChI is InChI=1S/C6H13NO5.5C2H4O2/c7-3-5(10)4(9)2(1-8)12-6(3)11;5*1-2(3)4/h2-6,8-11H,1,7H2;5*1H3,(H,3,4)/t2-,3-,4-,5-,6+;;;;;/m1...../s1. The van der Waals surface area contributed by atoms with Gasteiger partial charge < -0.3 is 56.4 Å². The number of carboxylic acid groups (broad SMARTS) is 5. The van der Waals surface area contributed by atoms with Crippen LogP contribution in [0.5, 0.6) is 0 Å². The van der Waals surface area contributed by atoms with Gasteiger partial charge in [0.1, 0.15) is 18.3 Å². The molecule has 0 bridgehead atoms. The molecule has 1 saturated heterocycles. The van der Waals surface area contributed by atoms with Crippen molar-refractivity contribution in [1.82, 2.24) is 0 Å². The summed E-state index contributed by atoms with van der Waals surface area (Å²) in [6, 6.07) is -1.04. The molecule has 0 aromatic rings. The summed E-state index contributed by atoms with van der Waals surface area (Å²) in [5.74, 6) is -4.17. The van der Waals surface area contributed by atoms with Gasteiger partial charge in [0, 0.05) is 34.6 Å². The Morgan fingerprint density at radius 1 is 0.656 bits per heavy atom. The van der Waals surface area contributed by atoms with E-state index in [1.165, 1.54) is 0 Å². The zero-order chi connectivity index (χ0) is 27.2. The van der Waals surface area contributed by atoms with Crippen LogP contribution < -0.4 is 5.73 Å². The van der Waals surface area contributed by atoms with Gasteiger partial charge in [-0.1, -0.05) is 0 Å². The number of rotatable bonds is 1. The van der Waals surface area contributed by atoms with Crippen molar-refractivity contribution in [1.29, 1.82) is 0 Å². The molecule has 16 nitrogen and oxygen atoms in total. The first kappa shape index (κ1) is 39.6. The number of carboxylic acids is 5. The number of nitrogens with two attached hydrogens (primary N) is 1. The van der Waals surface area contributed by atoms with E-state index in [-0.39, 0.29) is 0 Å². The average Bonchev–Trinajstić information content (AvgIpc) is 2.53. The molecule has 0 saturated carbocycles. The van der Waals surface area contributed by atoms with E-state index in [0.717, 1.165) is 34.6 Å². The first-order valence-corrected chi connectivity index (χ1v) is 8.28. The maximum atomic E-state index is 9.20. The Morgan fingerprint density at radius 2 is 0.875 bits per heavy atom. The number of carbonyl (C=O) groups is 5. The predicted molar refractivity (Wildman–Crippen MR) is 105 cm³/mol. The van der Waals surface area contributed by atoms with Gasteiger partial charge in [0.2, 0.25) is 0 Å². The molecule has 0 amide bonds. The molecular formula is C16H33NO15. The number of hydrogen-bond acceptors (Lipinski definition) is 11. The van der Waals surface area contributed by atoms with Crippen LogP contribution in [0.4, 0.5) is 0 Å². The van der Waals surface area contributed by atoms with Crippen LogP contribution in [-0.4, -0.2) is 113 Å². The largest absolute Gasteiger partial charge is 0.481 e. The molecule has 0 aliphatic carbocycles. The van der Waals surface area contributed by atoms with Crippen LogP contribution in [0.25, 0.3) is 0 Å². The van der Waals surface area contributed by atoms with E-state index in [2.05, 4.69) is 0 Å². The van der Waals surface area contributed by atoms with E-state index in [9.17, 15) is 10.2 Å². The summed E-state index contributed by atoms with van der Waals surface area (Å²) >= 11 is 0. The average molecular weight is 479 g/mol. The van der Waals surface area contributed by atoms with Crippen molar-refractivity contribution in [2.75, 3.05) is 6.61 Å². The molecular weight excluding hydrogens is 446 g/mol. The SMILES string of the molecule is CC(=O)O.CC(=O)O.CC(=O)O.CC(=O)O.CC(=O)O.N[C@@H]1[C@@H](O)[C@H](O)[C@@H](CO)O[C@@H]1O. The van der Waals surface area contributed by atoms with Gasteiger partial charge in [0.15, 0.2) is 6.29 Å². The fourth-order valence-corrected chi connectivity index (χ4v) is 1.12. The number of aliphatic hydroxyl groups is 4. The molecule has 5 atom stereocenters. The monoisotopic (exact) mass is 479 g/mol. The van der Waals surface area contributed by atoms with Crippen LogP contribution >= 0.6 is 0 Å². The Morgan fingerprint density at radius 3 is 1.06 bits per heavy atom. The molecule has 0 aromatic heterocycles. The Kier molecular flexibility index (Phi) is 30.1. The van der Waals surface area contributed by atoms with Gasteiger partial charge in [-0.25, -0.2) is 0 Å². The van der Waals surface area contributed by atoms with Gasteiger partial charge in [-0.15, -0.1) is 0 Å². The molecule has 1 rings (SSSR count). The smallest absolute Gasteiger partial charge is 0.300 e. The Bertz CT molecular complexity index is 445. The molecule has 0 radical (unpaired) electrons. The zero-order valence-corrected chi connectivity index (χ0v) is 18.1. The minimum Gasteiger partial charge on any atom is -0.481 e. The van der Waals surface area contributed by atoms with Crippen molar-refractivity contribution in [3.63, 3.8) is 0 Å². The first-order chi connectivity index (χ1) is 14.2. The third kappa shape index (κ3) is 50.6. The van der Waals surface area contributed by atoms with Crippen LogP contribution in [0.15, 0.2) is 0 Å². The lowest BCUT2D eigenvalue weighted by Gasteiger charge is -2.38. The normalized spacial score (nSPS) is 22.4. The molecule has 11 N–H and O–H groups in total.